The largest absolute Gasteiger partial charge is 0.339 e. The SMILES string of the molecule is CC(c1nnc(SCc2noc(C(C)(C)C)n2)n1-c1ccc(Cl)cc1)N(C)C. The molecule has 0 fully saturated rings. The minimum Gasteiger partial charge on any atom is -0.339 e. The van der Waals surface area contributed by atoms with Crippen LogP contribution in [-0.4, -0.2) is 43.9 Å². The Morgan fingerprint density at radius 2 is 1.86 bits per heavy atom. The molecule has 0 aliphatic heterocycles. The van der Waals surface area contributed by atoms with Gasteiger partial charge in [0.25, 0.3) is 0 Å². The molecule has 3 aromatic rings. The van der Waals surface area contributed by atoms with Crippen molar-refractivity contribution in [3.8, 4) is 5.69 Å². The van der Waals surface area contributed by atoms with Crippen molar-refractivity contribution < 1.29 is 4.52 Å². The Hall–Kier alpha value is -1.90. The fourth-order valence-corrected chi connectivity index (χ4v) is 3.38. The Labute approximate surface area is 174 Å². The second-order valence-electron chi connectivity index (χ2n) is 7.85. The lowest BCUT2D eigenvalue weighted by Gasteiger charge is -2.20. The average Bonchev–Trinajstić information content (AvgIpc) is 3.26. The van der Waals surface area contributed by atoms with Crippen molar-refractivity contribution >= 4 is 23.4 Å². The molecule has 0 aliphatic rings. The van der Waals surface area contributed by atoms with E-state index < -0.39 is 0 Å². The molecular weight excluding hydrogens is 396 g/mol. The van der Waals surface area contributed by atoms with Crippen LogP contribution in [0.4, 0.5) is 0 Å². The summed E-state index contributed by atoms with van der Waals surface area (Å²) < 4.78 is 7.43. The van der Waals surface area contributed by atoms with Gasteiger partial charge in [0.15, 0.2) is 16.8 Å². The second kappa shape index (κ2) is 8.23. The molecule has 0 saturated heterocycles. The van der Waals surface area contributed by atoms with Crippen molar-refractivity contribution in [1.82, 2.24) is 29.8 Å². The number of nitrogens with zero attached hydrogens (tertiary/aromatic N) is 6. The van der Waals surface area contributed by atoms with E-state index in [1.165, 1.54) is 11.8 Å². The summed E-state index contributed by atoms with van der Waals surface area (Å²) in [7, 11) is 4.04. The van der Waals surface area contributed by atoms with Crippen LogP contribution in [0.15, 0.2) is 33.9 Å². The number of hydrogen-bond donors (Lipinski definition) is 0. The first-order valence-electron chi connectivity index (χ1n) is 9.00. The van der Waals surface area contributed by atoms with E-state index in [1.807, 2.05) is 59.1 Å². The topological polar surface area (TPSA) is 72.9 Å². The maximum atomic E-state index is 6.07. The van der Waals surface area contributed by atoms with E-state index in [0.717, 1.165) is 16.7 Å². The van der Waals surface area contributed by atoms with Crippen LogP contribution >= 0.6 is 23.4 Å². The monoisotopic (exact) mass is 420 g/mol. The highest BCUT2D eigenvalue weighted by Crippen LogP contribution is 2.29. The quantitative estimate of drug-likeness (QED) is 0.543. The van der Waals surface area contributed by atoms with Gasteiger partial charge in [-0.15, -0.1) is 10.2 Å². The van der Waals surface area contributed by atoms with Crippen LogP contribution in [0, 0.1) is 0 Å². The maximum absolute atomic E-state index is 6.07. The molecule has 1 unspecified atom stereocenters. The number of thioether (sulfide) groups is 1. The average molecular weight is 421 g/mol. The van der Waals surface area contributed by atoms with E-state index in [1.54, 1.807) is 0 Å². The summed E-state index contributed by atoms with van der Waals surface area (Å²) in [5.74, 6) is 2.67. The summed E-state index contributed by atoms with van der Waals surface area (Å²) in [6.07, 6.45) is 0. The van der Waals surface area contributed by atoms with Crippen LogP contribution in [-0.2, 0) is 11.2 Å². The third-order valence-corrected chi connectivity index (χ3v) is 5.51. The molecule has 28 heavy (non-hydrogen) atoms. The molecule has 0 bridgehead atoms. The molecule has 1 atom stereocenters. The Bertz CT molecular complexity index is 929. The molecule has 0 amide bonds. The molecule has 150 valence electrons. The predicted molar refractivity (Wildman–Crippen MR) is 111 cm³/mol. The normalized spacial score (nSPS) is 13.3. The fraction of sp³-hybridized carbons (Fsp3) is 0.474. The summed E-state index contributed by atoms with van der Waals surface area (Å²) in [5.41, 5.74) is 0.789. The molecule has 2 heterocycles. The van der Waals surface area contributed by atoms with E-state index in [4.69, 9.17) is 16.1 Å². The minimum absolute atomic E-state index is 0.0928. The lowest BCUT2D eigenvalue weighted by molar-refractivity contribution is 0.305. The van der Waals surface area contributed by atoms with Crippen molar-refractivity contribution in [3.05, 3.63) is 46.8 Å². The van der Waals surface area contributed by atoms with Crippen molar-refractivity contribution in [2.75, 3.05) is 14.1 Å². The molecular formula is C19H25ClN6OS. The molecule has 1 aromatic carbocycles. The molecule has 0 aliphatic carbocycles. The second-order valence-corrected chi connectivity index (χ2v) is 9.23. The summed E-state index contributed by atoms with van der Waals surface area (Å²) >= 11 is 7.59. The van der Waals surface area contributed by atoms with Gasteiger partial charge in [0.2, 0.25) is 5.89 Å². The zero-order valence-corrected chi connectivity index (χ0v) is 18.5. The minimum atomic E-state index is -0.173. The van der Waals surface area contributed by atoms with E-state index >= 15 is 0 Å². The summed E-state index contributed by atoms with van der Waals surface area (Å²) in [6.45, 7) is 8.23. The zero-order valence-electron chi connectivity index (χ0n) is 17.0. The van der Waals surface area contributed by atoms with Gasteiger partial charge < -0.3 is 4.52 Å². The molecule has 3 rings (SSSR count). The Kier molecular flexibility index (Phi) is 6.12. The Balaban J connectivity index is 1.90. The highest BCUT2D eigenvalue weighted by Gasteiger charge is 2.24. The standard InChI is InChI=1S/C19H25ClN6OS/c1-12(25(5)6)16-22-23-18(26(16)14-9-7-13(20)8-10-14)28-11-15-21-17(27-24-15)19(2,3)4/h7-10,12H,11H2,1-6H3. The first kappa shape index (κ1) is 20.8. The highest BCUT2D eigenvalue weighted by atomic mass is 35.5. The highest BCUT2D eigenvalue weighted by molar-refractivity contribution is 7.98. The maximum Gasteiger partial charge on any atom is 0.232 e. The van der Waals surface area contributed by atoms with Crippen LogP contribution in [0.25, 0.3) is 5.69 Å². The number of hydrogen-bond acceptors (Lipinski definition) is 7. The Morgan fingerprint density at radius 1 is 1.18 bits per heavy atom. The van der Waals surface area contributed by atoms with Crippen LogP contribution in [0.3, 0.4) is 0 Å². The fourth-order valence-electron chi connectivity index (χ4n) is 2.46. The molecule has 7 nitrogen and oxygen atoms in total. The van der Waals surface area contributed by atoms with Crippen molar-refractivity contribution in [2.24, 2.45) is 0 Å². The summed E-state index contributed by atoms with van der Waals surface area (Å²) in [6, 6.07) is 7.76. The molecule has 0 saturated carbocycles. The van der Waals surface area contributed by atoms with E-state index in [9.17, 15) is 0 Å². The van der Waals surface area contributed by atoms with Gasteiger partial charge in [-0.05, 0) is 45.3 Å². The third kappa shape index (κ3) is 4.56. The number of benzene rings is 1. The molecule has 0 N–H and O–H groups in total. The van der Waals surface area contributed by atoms with Crippen molar-refractivity contribution in [1.29, 1.82) is 0 Å². The van der Waals surface area contributed by atoms with Crippen LogP contribution in [0.2, 0.25) is 5.02 Å². The van der Waals surface area contributed by atoms with Gasteiger partial charge in [0.05, 0.1) is 11.8 Å². The van der Waals surface area contributed by atoms with Gasteiger partial charge in [-0.25, -0.2) is 0 Å². The van der Waals surface area contributed by atoms with Gasteiger partial charge in [-0.1, -0.05) is 49.3 Å². The zero-order chi connectivity index (χ0) is 20.5. The molecule has 9 heteroatoms. The molecule has 0 spiro atoms. The van der Waals surface area contributed by atoms with Crippen LogP contribution in [0.1, 0.15) is 51.3 Å². The van der Waals surface area contributed by atoms with Crippen LogP contribution < -0.4 is 0 Å². The Morgan fingerprint density at radius 3 is 2.43 bits per heavy atom. The number of halogens is 1. The summed E-state index contributed by atoms with van der Waals surface area (Å²) in [5, 5.41) is 14.4. The van der Waals surface area contributed by atoms with Gasteiger partial charge in [0, 0.05) is 16.1 Å². The predicted octanol–water partition coefficient (Wildman–Crippen LogP) is 4.52. The third-order valence-electron chi connectivity index (χ3n) is 4.33. The first-order chi connectivity index (χ1) is 13.2. The van der Waals surface area contributed by atoms with Gasteiger partial charge in [-0.2, -0.15) is 4.98 Å². The lowest BCUT2D eigenvalue weighted by atomic mass is 9.97. The van der Waals surface area contributed by atoms with Crippen molar-refractivity contribution in [2.45, 2.75) is 50.1 Å². The first-order valence-corrected chi connectivity index (χ1v) is 10.4. The number of aromatic nitrogens is 5. The van der Waals surface area contributed by atoms with E-state index in [0.29, 0.717) is 22.5 Å². The smallest absolute Gasteiger partial charge is 0.232 e. The van der Waals surface area contributed by atoms with E-state index in [2.05, 4.69) is 36.7 Å². The number of rotatable bonds is 6. The molecule has 2 aromatic heterocycles. The van der Waals surface area contributed by atoms with Crippen LogP contribution in [0.5, 0.6) is 0 Å². The van der Waals surface area contributed by atoms with Gasteiger partial charge in [0.1, 0.15) is 0 Å². The van der Waals surface area contributed by atoms with Crippen molar-refractivity contribution in [3.63, 3.8) is 0 Å². The van der Waals surface area contributed by atoms with Gasteiger partial charge in [-0.3, -0.25) is 9.47 Å². The lowest BCUT2D eigenvalue weighted by Crippen LogP contribution is -2.20. The van der Waals surface area contributed by atoms with E-state index in [-0.39, 0.29) is 11.5 Å². The summed E-state index contributed by atoms with van der Waals surface area (Å²) in [4.78, 5) is 6.60. The van der Waals surface area contributed by atoms with Gasteiger partial charge >= 0.3 is 0 Å². The molecule has 0 radical (unpaired) electrons.